The second-order valence-electron chi connectivity index (χ2n) is 3.83. The minimum Gasteiger partial charge on any atom is -0.373 e. The SMILES string of the molecule is C=CCOCc1ccc(C)cc1CCC. The molecule has 0 aliphatic rings. The van der Waals surface area contributed by atoms with E-state index in [9.17, 15) is 0 Å². The van der Waals surface area contributed by atoms with Crippen LogP contribution in [0.2, 0.25) is 0 Å². The molecule has 1 aromatic carbocycles. The van der Waals surface area contributed by atoms with Crippen LogP contribution in [-0.4, -0.2) is 6.61 Å². The molecule has 0 saturated carbocycles. The summed E-state index contributed by atoms with van der Waals surface area (Å²) in [6.07, 6.45) is 4.10. The van der Waals surface area contributed by atoms with Gasteiger partial charge in [-0.25, -0.2) is 0 Å². The third kappa shape index (κ3) is 3.88. The number of hydrogen-bond donors (Lipinski definition) is 0. The molecule has 0 amide bonds. The average molecular weight is 204 g/mol. The summed E-state index contributed by atoms with van der Waals surface area (Å²) in [6, 6.07) is 6.57. The molecule has 0 aromatic heterocycles. The van der Waals surface area contributed by atoms with Crippen molar-refractivity contribution in [2.24, 2.45) is 0 Å². The molecule has 0 spiro atoms. The van der Waals surface area contributed by atoms with E-state index in [1.807, 2.05) is 0 Å². The molecule has 0 saturated heterocycles. The third-order valence-electron chi connectivity index (χ3n) is 2.37. The second-order valence-corrected chi connectivity index (χ2v) is 3.83. The predicted octanol–water partition coefficient (Wildman–Crippen LogP) is 3.65. The van der Waals surface area contributed by atoms with Crippen molar-refractivity contribution in [1.82, 2.24) is 0 Å². The summed E-state index contributed by atoms with van der Waals surface area (Å²) >= 11 is 0. The maximum absolute atomic E-state index is 5.48. The smallest absolute Gasteiger partial charge is 0.0723 e. The van der Waals surface area contributed by atoms with Crippen LogP contribution in [0.25, 0.3) is 0 Å². The average Bonchev–Trinajstić information content (AvgIpc) is 2.22. The Hall–Kier alpha value is -1.08. The highest BCUT2D eigenvalue weighted by Crippen LogP contribution is 2.14. The normalized spacial score (nSPS) is 10.3. The molecule has 1 nitrogen and oxygen atoms in total. The quantitative estimate of drug-likeness (QED) is 0.507. The minimum absolute atomic E-state index is 0.624. The Kier molecular flexibility index (Phi) is 5.13. The zero-order chi connectivity index (χ0) is 11.1. The van der Waals surface area contributed by atoms with Gasteiger partial charge in [0.15, 0.2) is 0 Å². The van der Waals surface area contributed by atoms with Gasteiger partial charge in [-0.05, 0) is 24.5 Å². The van der Waals surface area contributed by atoms with Crippen molar-refractivity contribution in [3.05, 3.63) is 47.5 Å². The second kappa shape index (κ2) is 6.41. The van der Waals surface area contributed by atoms with Gasteiger partial charge in [0.25, 0.3) is 0 Å². The van der Waals surface area contributed by atoms with E-state index >= 15 is 0 Å². The summed E-state index contributed by atoms with van der Waals surface area (Å²) in [5, 5.41) is 0. The Morgan fingerprint density at radius 2 is 2.13 bits per heavy atom. The Labute approximate surface area is 92.8 Å². The lowest BCUT2D eigenvalue weighted by atomic mass is 10.0. The van der Waals surface area contributed by atoms with E-state index < -0.39 is 0 Å². The maximum atomic E-state index is 5.48. The van der Waals surface area contributed by atoms with Gasteiger partial charge in [0.05, 0.1) is 13.2 Å². The summed E-state index contributed by atoms with van der Waals surface area (Å²) in [5.41, 5.74) is 4.05. The molecule has 0 atom stereocenters. The first-order chi connectivity index (χ1) is 7.27. The molecule has 82 valence electrons. The first-order valence-corrected chi connectivity index (χ1v) is 5.55. The van der Waals surface area contributed by atoms with Crippen LogP contribution in [0.5, 0.6) is 0 Å². The van der Waals surface area contributed by atoms with E-state index in [-0.39, 0.29) is 0 Å². The highest BCUT2D eigenvalue weighted by atomic mass is 16.5. The topological polar surface area (TPSA) is 9.23 Å². The van der Waals surface area contributed by atoms with Gasteiger partial charge in [0.1, 0.15) is 0 Å². The fourth-order valence-corrected chi connectivity index (χ4v) is 1.65. The number of hydrogen-bond acceptors (Lipinski definition) is 1. The van der Waals surface area contributed by atoms with E-state index in [0.29, 0.717) is 13.2 Å². The lowest BCUT2D eigenvalue weighted by molar-refractivity contribution is 0.148. The monoisotopic (exact) mass is 204 g/mol. The first-order valence-electron chi connectivity index (χ1n) is 5.55. The Bertz CT molecular complexity index is 315. The highest BCUT2D eigenvalue weighted by molar-refractivity contribution is 5.31. The molecule has 0 fully saturated rings. The van der Waals surface area contributed by atoms with E-state index in [4.69, 9.17) is 4.74 Å². The van der Waals surface area contributed by atoms with Crippen molar-refractivity contribution in [2.75, 3.05) is 6.61 Å². The molecule has 0 unspecified atom stereocenters. The molecule has 0 aliphatic heterocycles. The summed E-state index contributed by atoms with van der Waals surface area (Å²) in [5.74, 6) is 0. The van der Waals surface area contributed by atoms with Gasteiger partial charge in [-0.2, -0.15) is 0 Å². The van der Waals surface area contributed by atoms with Crippen LogP contribution >= 0.6 is 0 Å². The molecule has 1 rings (SSSR count). The van der Waals surface area contributed by atoms with E-state index in [0.717, 1.165) is 6.42 Å². The number of rotatable bonds is 6. The number of benzene rings is 1. The van der Waals surface area contributed by atoms with Crippen LogP contribution in [0.15, 0.2) is 30.9 Å². The molecule has 1 aromatic rings. The molecule has 0 heterocycles. The molecule has 1 heteroatoms. The van der Waals surface area contributed by atoms with Crippen LogP contribution in [0.3, 0.4) is 0 Å². The summed E-state index contributed by atoms with van der Waals surface area (Å²) in [6.45, 7) is 9.30. The lowest BCUT2D eigenvalue weighted by Crippen LogP contribution is -1.98. The number of ether oxygens (including phenoxy) is 1. The molecule has 0 N–H and O–H groups in total. The predicted molar refractivity (Wildman–Crippen MR) is 65.0 cm³/mol. The zero-order valence-electron chi connectivity index (χ0n) is 9.75. The fraction of sp³-hybridized carbons (Fsp3) is 0.429. The zero-order valence-corrected chi connectivity index (χ0v) is 9.75. The highest BCUT2D eigenvalue weighted by Gasteiger charge is 2.01. The Balaban J connectivity index is 2.71. The van der Waals surface area contributed by atoms with E-state index in [2.05, 4.69) is 38.6 Å². The van der Waals surface area contributed by atoms with E-state index in [1.54, 1.807) is 6.08 Å². The Morgan fingerprint density at radius 3 is 2.80 bits per heavy atom. The minimum atomic E-state index is 0.624. The largest absolute Gasteiger partial charge is 0.373 e. The van der Waals surface area contributed by atoms with Crippen LogP contribution in [-0.2, 0) is 17.8 Å². The van der Waals surface area contributed by atoms with Gasteiger partial charge in [0.2, 0.25) is 0 Å². The molecule has 0 aliphatic carbocycles. The number of aryl methyl sites for hydroxylation is 2. The van der Waals surface area contributed by atoms with Gasteiger partial charge < -0.3 is 4.74 Å². The fourth-order valence-electron chi connectivity index (χ4n) is 1.65. The summed E-state index contributed by atoms with van der Waals surface area (Å²) in [7, 11) is 0. The Morgan fingerprint density at radius 1 is 1.33 bits per heavy atom. The van der Waals surface area contributed by atoms with Gasteiger partial charge in [-0.3, -0.25) is 0 Å². The summed E-state index contributed by atoms with van der Waals surface area (Å²) in [4.78, 5) is 0. The first kappa shape index (κ1) is 12.0. The van der Waals surface area contributed by atoms with Gasteiger partial charge in [-0.1, -0.05) is 43.2 Å². The lowest BCUT2D eigenvalue weighted by Gasteiger charge is -2.09. The van der Waals surface area contributed by atoms with Crippen molar-refractivity contribution < 1.29 is 4.74 Å². The van der Waals surface area contributed by atoms with Crippen LogP contribution in [0.4, 0.5) is 0 Å². The van der Waals surface area contributed by atoms with Crippen molar-refractivity contribution in [3.8, 4) is 0 Å². The van der Waals surface area contributed by atoms with Gasteiger partial charge in [0, 0.05) is 0 Å². The molecular weight excluding hydrogens is 184 g/mol. The summed E-state index contributed by atoms with van der Waals surface area (Å²) < 4.78 is 5.48. The van der Waals surface area contributed by atoms with Crippen LogP contribution < -0.4 is 0 Å². The molecular formula is C14H20O. The van der Waals surface area contributed by atoms with Gasteiger partial charge in [-0.15, -0.1) is 6.58 Å². The van der Waals surface area contributed by atoms with Crippen molar-refractivity contribution in [3.63, 3.8) is 0 Å². The van der Waals surface area contributed by atoms with Gasteiger partial charge >= 0.3 is 0 Å². The van der Waals surface area contributed by atoms with Crippen molar-refractivity contribution in [2.45, 2.75) is 33.3 Å². The van der Waals surface area contributed by atoms with Crippen LogP contribution in [0, 0.1) is 6.92 Å². The van der Waals surface area contributed by atoms with Crippen molar-refractivity contribution >= 4 is 0 Å². The molecule has 0 bridgehead atoms. The van der Waals surface area contributed by atoms with E-state index in [1.165, 1.54) is 23.1 Å². The third-order valence-corrected chi connectivity index (χ3v) is 2.37. The maximum Gasteiger partial charge on any atom is 0.0723 e. The standard InChI is InChI=1S/C14H20O/c1-4-6-13-10-12(3)7-8-14(13)11-15-9-5-2/h5,7-8,10H,2,4,6,9,11H2,1,3H3. The van der Waals surface area contributed by atoms with Crippen LogP contribution in [0.1, 0.15) is 30.0 Å². The molecule has 15 heavy (non-hydrogen) atoms. The molecule has 0 radical (unpaired) electrons. The van der Waals surface area contributed by atoms with Crippen molar-refractivity contribution in [1.29, 1.82) is 0 Å².